The molecule has 1 N–H and O–H groups in total. The average molecular weight is 331 g/mol. The van der Waals surface area contributed by atoms with E-state index in [0.717, 1.165) is 23.0 Å². The van der Waals surface area contributed by atoms with E-state index in [1.165, 1.54) is 0 Å². The number of halogens is 2. The quantitative estimate of drug-likeness (QED) is 0.936. The number of rotatable bonds is 4. The van der Waals surface area contributed by atoms with E-state index in [0.29, 0.717) is 10.7 Å². The second-order valence-electron chi connectivity index (χ2n) is 3.95. The van der Waals surface area contributed by atoms with Gasteiger partial charge < -0.3 is 5.11 Å². The zero-order valence-corrected chi connectivity index (χ0v) is 12.2. The second kappa shape index (κ2) is 5.82. The maximum Gasteiger partial charge on any atom is 0.123 e. The Kier molecular flexibility index (Phi) is 4.37. The highest BCUT2D eigenvalue weighted by Gasteiger charge is 2.18. The predicted molar refractivity (Wildman–Crippen MR) is 73.5 cm³/mol. The molecule has 1 aromatic carbocycles. The van der Waals surface area contributed by atoms with Gasteiger partial charge in [0.15, 0.2) is 0 Å². The van der Waals surface area contributed by atoms with Crippen molar-refractivity contribution in [1.82, 2.24) is 15.0 Å². The van der Waals surface area contributed by atoms with Crippen LogP contribution in [0, 0.1) is 0 Å². The van der Waals surface area contributed by atoms with Crippen molar-refractivity contribution in [2.24, 2.45) is 0 Å². The van der Waals surface area contributed by atoms with Gasteiger partial charge in [0.25, 0.3) is 0 Å². The van der Waals surface area contributed by atoms with Crippen LogP contribution in [-0.2, 0) is 6.54 Å². The van der Waals surface area contributed by atoms with E-state index >= 15 is 0 Å². The maximum atomic E-state index is 10.4. The highest BCUT2D eigenvalue weighted by atomic mass is 79.9. The molecule has 2 rings (SSSR count). The van der Waals surface area contributed by atoms with Crippen LogP contribution in [-0.4, -0.2) is 20.1 Å². The molecule has 1 heterocycles. The summed E-state index contributed by atoms with van der Waals surface area (Å²) in [5, 5.41) is 18.8. The Morgan fingerprint density at radius 2 is 2.28 bits per heavy atom. The van der Waals surface area contributed by atoms with Gasteiger partial charge in [-0.25, -0.2) is 4.68 Å². The van der Waals surface area contributed by atoms with E-state index < -0.39 is 6.10 Å². The molecule has 1 aromatic heterocycles. The number of hydrogen-bond donors (Lipinski definition) is 1. The van der Waals surface area contributed by atoms with E-state index in [2.05, 4.69) is 33.2 Å². The monoisotopic (exact) mass is 329 g/mol. The molecule has 0 spiro atoms. The van der Waals surface area contributed by atoms with Gasteiger partial charge in [0.1, 0.15) is 6.10 Å². The molecular weight excluding hydrogens is 318 g/mol. The third-order valence-electron chi connectivity index (χ3n) is 2.62. The van der Waals surface area contributed by atoms with Gasteiger partial charge in [-0.1, -0.05) is 45.7 Å². The standard InChI is InChI=1S/C12H13BrClN3O/c1-2-5-17-11(7-15-16-17)12(18)9-4-3-8(14)6-10(9)13/h3-4,6-7,12,18H,2,5H2,1H3. The summed E-state index contributed by atoms with van der Waals surface area (Å²) in [6, 6.07) is 5.30. The molecule has 0 fully saturated rings. The Labute approximate surface area is 119 Å². The summed E-state index contributed by atoms with van der Waals surface area (Å²) in [5.74, 6) is 0. The molecule has 0 aliphatic rings. The van der Waals surface area contributed by atoms with Crippen molar-refractivity contribution in [1.29, 1.82) is 0 Å². The summed E-state index contributed by atoms with van der Waals surface area (Å²) >= 11 is 9.29. The minimum atomic E-state index is -0.766. The van der Waals surface area contributed by atoms with Crippen molar-refractivity contribution < 1.29 is 5.11 Å². The van der Waals surface area contributed by atoms with Gasteiger partial charge in [-0.3, -0.25) is 0 Å². The van der Waals surface area contributed by atoms with Crippen molar-refractivity contribution in [3.05, 3.63) is 45.1 Å². The van der Waals surface area contributed by atoms with E-state index in [4.69, 9.17) is 11.6 Å². The minimum absolute atomic E-state index is 0.623. The molecule has 0 saturated heterocycles. The summed E-state index contributed by atoms with van der Waals surface area (Å²) in [6.45, 7) is 2.79. The molecule has 0 bridgehead atoms. The van der Waals surface area contributed by atoms with Gasteiger partial charge in [0.2, 0.25) is 0 Å². The molecule has 96 valence electrons. The van der Waals surface area contributed by atoms with E-state index in [-0.39, 0.29) is 0 Å². The second-order valence-corrected chi connectivity index (χ2v) is 5.24. The minimum Gasteiger partial charge on any atom is -0.382 e. The number of hydrogen-bond acceptors (Lipinski definition) is 3. The van der Waals surface area contributed by atoms with Gasteiger partial charge in [0.05, 0.1) is 11.9 Å². The first-order valence-corrected chi connectivity index (χ1v) is 6.82. The third-order valence-corrected chi connectivity index (χ3v) is 3.54. The summed E-state index contributed by atoms with van der Waals surface area (Å²) < 4.78 is 2.48. The van der Waals surface area contributed by atoms with Crippen molar-refractivity contribution in [2.45, 2.75) is 26.0 Å². The zero-order chi connectivity index (χ0) is 13.1. The SMILES string of the molecule is CCCn1nncc1C(O)c1ccc(Cl)cc1Br. The highest BCUT2D eigenvalue weighted by Crippen LogP contribution is 2.30. The Morgan fingerprint density at radius 3 is 2.94 bits per heavy atom. The molecule has 0 aliphatic carbocycles. The van der Waals surface area contributed by atoms with Crippen molar-refractivity contribution >= 4 is 27.5 Å². The fourth-order valence-corrected chi connectivity index (χ4v) is 2.65. The molecule has 1 atom stereocenters. The first-order valence-electron chi connectivity index (χ1n) is 5.65. The lowest BCUT2D eigenvalue weighted by Gasteiger charge is -2.14. The molecule has 0 aliphatic heterocycles. The fourth-order valence-electron chi connectivity index (χ4n) is 1.75. The van der Waals surface area contributed by atoms with Gasteiger partial charge >= 0.3 is 0 Å². The Balaban J connectivity index is 2.35. The summed E-state index contributed by atoms with van der Waals surface area (Å²) in [7, 11) is 0. The molecule has 6 heteroatoms. The van der Waals surface area contributed by atoms with E-state index in [1.54, 1.807) is 29.1 Å². The third kappa shape index (κ3) is 2.74. The van der Waals surface area contributed by atoms with Crippen molar-refractivity contribution in [3.8, 4) is 0 Å². The smallest absolute Gasteiger partial charge is 0.123 e. The Bertz CT molecular complexity index is 544. The van der Waals surface area contributed by atoms with E-state index in [1.807, 2.05) is 0 Å². The molecular formula is C12H13BrClN3O. The maximum absolute atomic E-state index is 10.4. The van der Waals surface area contributed by atoms with Crippen molar-refractivity contribution in [3.63, 3.8) is 0 Å². The fraction of sp³-hybridized carbons (Fsp3) is 0.333. The Morgan fingerprint density at radius 1 is 1.50 bits per heavy atom. The average Bonchev–Trinajstić information content (AvgIpc) is 2.77. The normalized spacial score (nSPS) is 12.7. The van der Waals surface area contributed by atoms with Gasteiger partial charge in [-0.05, 0) is 18.6 Å². The van der Waals surface area contributed by atoms with Crippen LogP contribution in [0.5, 0.6) is 0 Å². The molecule has 0 saturated carbocycles. The topological polar surface area (TPSA) is 50.9 Å². The van der Waals surface area contributed by atoms with Gasteiger partial charge in [0, 0.05) is 21.6 Å². The zero-order valence-electron chi connectivity index (χ0n) is 9.85. The Hall–Kier alpha value is -0.910. The van der Waals surface area contributed by atoms with Crippen LogP contribution in [0.25, 0.3) is 0 Å². The summed E-state index contributed by atoms with van der Waals surface area (Å²) in [5.41, 5.74) is 1.43. The number of nitrogens with zero attached hydrogens (tertiary/aromatic N) is 3. The number of aryl methyl sites for hydroxylation is 1. The van der Waals surface area contributed by atoms with Crippen LogP contribution >= 0.6 is 27.5 Å². The van der Waals surface area contributed by atoms with Crippen LogP contribution in [0.2, 0.25) is 5.02 Å². The van der Waals surface area contributed by atoms with Crippen LogP contribution in [0.1, 0.15) is 30.7 Å². The van der Waals surface area contributed by atoms with Gasteiger partial charge in [-0.2, -0.15) is 0 Å². The number of aliphatic hydroxyl groups excluding tert-OH is 1. The van der Waals surface area contributed by atoms with Gasteiger partial charge in [-0.15, -0.1) is 5.10 Å². The molecule has 18 heavy (non-hydrogen) atoms. The van der Waals surface area contributed by atoms with Crippen molar-refractivity contribution in [2.75, 3.05) is 0 Å². The van der Waals surface area contributed by atoms with Crippen LogP contribution in [0.15, 0.2) is 28.9 Å². The lowest BCUT2D eigenvalue weighted by molar-refractivity contribution is 0.206. The first-order chi connectivity index (χ1) is 8.63. The molecule has 2 aromatic rings. The van der Waals surface area contributed by atoms with Crippen LogP contribution < -0.4 is 0 Å². The number of aromatic nitrogens is 3. The molecule has 1 unspecified atom stereocenters. The lowest BCUT2D eigenvalue weighted by atomic mass is 10.1. The molecule has 4 nitrogen and oxygen atoms in total. The highest BCUT2D eigenvalue weighted by molar-refractivity contribution is 9.10. The van der Waals surface area contributed by atoms with E-state index in [9.17, 15) is 5.11 Å². The molecule has 0 radical (unpaired) electrons. The number of aliphatic hydroxyl groups is 1. The van der Waals surface area contributed by atoms with Crippen LogP contribution in [0.3, 0.4) is 0 Å². The first kappa shape index (κ1) is 13.5. The summed E-state index contributed by atoms with van der Waals surface area (Å²) in [6.07, 6.45) is 1.75. The number of benzene rings is 1. The lowest BCUT2D eigenvalue weighted by Crippen LogP contribution is -2.10. The predicted octanol–water partition coefficient (Wildman–Crippen LogP) is 3.19. The van der Waals surface area contributed by atoms with Crippen LogP contribution in [0.4, 0.5) is 0 Å². The molecule has 0 amide bonds. The summed E-state index contributed by atoms with van der Waals surface area (Å²) in [4.78, 5) is 0. The largest absolute Gasteiger partial charge is 0.382 e.